The van der Waals surface area contributed by atoms with Crippen LogP contribution >= 0.6 is 11.8 Å². The molecule has 3 heterocycles. The van der Waals surface area contributed by atoms with Crippen molar-refractivity contribution in [2.75, 3.05) is 6.26 Å². The molecule has 0 amide bonds. The molecule has 3 aromatic heterocycles. The van der Waals surface area contributed by atoms with Crippen LogP contribution in [0.3, 0.4) is 0 Å². The predicted octanol–water partition coefficient (Wildman–Crippen LogP) is 4.11. The SMILES string of the molecule is CSc1cccc(-n2c(C)cc(C(=O)Cn3nc(-c4ccco4)oc3=O)c2C)c1. The lowest BCUT2D eigenvalue weighted by Gasteiger charge is -2.11. The van der Waals surface area contributed by atoms with Gasteiger partial charge in [-0.15, -0.1) is 16.9 Å². The Morgan fingerprint density at radius 2 is 2.00 bits per heavy atom. The summed E-state index contributed by atoms with van der Waals surface area (Å²) < 4.78 is 13.3. The van der Waals surface area contributed by atoms with Gasteiger partial charge in [0.05, 0.1) is 6.26 Å². The molecule has 148 valence electrons. The first kappa shape index (κ1) is 19.1. The van der Waals surface area contributed by atoms with Gasteiger partial charge >= 0.3 is 5.76 Å². The Hall–Kier alpha value is -3.26. The molecule has 29 heavy (non-hydrogen) atoms. The molecule has 0 unspecified atom stereocenters. The molecule has 8 heteroatoms. The molecule has 0 spiro atoms. The zero-order valence-corrected chi connectivity index (χ0v) is 17.0. The number of ketones is 1. The van der Waals surface area contributed by atoms with Crippen LogP contribution in [0.25, 0.3) is 17.3 Å². The summed E-state index contributed by atoms with van der Waals surface area (Å²) in [6.07, 6.45) is 3.48. The topological polar surface area (TPSA) is 83.2 Å². The molecule has 0 aliphatic heterocycles. The van der Waals surface area contributed by atoms with Gasteiger partial charge in [-0.25, -0.2) is 4.79 Å². The highest BCUT2D eigenvalue weighted by Gasteiger charge is 2.20. The van der Waals surface area contributed by atoms with E-state index in [4.69, 9.17) is 8.83 Å². The molecule has 4 rings (SSSR count). The molecule has 0 atom stereocenters. The molecule has 0 aliphatic carbocycles. The maximum absolute atomic E-state index is 12.9. The van der Waals surface area contributed by atoms with Crippen LogP contribution in [0.5, 0.6) is 0 Å². The van der Waals surface area contributed by atoms with Crippen LogP contribution in [0.4, 0.5) is 0 Å². The van der Waals surface area contributed by atoms with E-state index in [-0.39, 0.29) is 18.2 Å². The van der Waals surface area contributed by atoms with E-state index in [2.05, 4.69) is 11.2 Å². The number of carbonyl (C=O) groups excluding carboxylic acids is 1. The monoisotopic (exact) mass is 409 g/mol. The first-order chi connectivity index (χ1) is 14.0. The number of thioether (sulfide) groups is 1. The standard InChI is InChI=1S/C21H19N3O4S/c1-13-10-17(14(2)24(13)15-6-4-7-16(11-15)29-3)18(25)12-23-21(26)28-20(22-23)19-8-5-9-27-19/h4-11H,12H2,1-3H3. The quantitative estimate of drug-likeness (QED) is 0.352. The number of furan rings is 1. The number of carbonyl (C=O) groups is 1. The molecule has 4 aromatic rings. The average molecular weight is 409 g/mol. The Kier molecular flexibility index (Phi) is 5.02. The Labute approximate surface area is 170 Å². The zero-order valence-electron chi connectivity index (χ0n) is 16.2. The first-order valence-corrected chi connectivity index (χ1v) is 10.2. The van der Waals surface area contributed by atoms with Crippen molar-refractivity contribution in [1.29, 1.82) is 0 Å². The second-order valence-electron chi connectivity index (χ2n) is 6.55. The third-order valence-corrected chi connectivity index (χ3v) is 5.40. The van der Waals surface area contributed by atoms with E-state index in [1.807, 2.05) is 48.9 Å². The summed E-state index contributed by atoms with van der Waals surface area (Å²) in [7, 11) is 0. The van der Waals surface area contributed by atoms with Gasteiger partial charge in [-0.2, -0.15) is 4.68 Å². The highest BCUT2D eigenvalue weighted by molar-refractivity contribution is 7.98. The largest absolute Gasteiger partial charge is 0.459 e. The van der Waals surface area contributed by atoms with Gasteiger partial charge in [0.15, 0.2) is 11.5 Å². The fourth-order valence-electron chi connectivity index (χ4n) is 3.32. The van der Waals surface area contributed by atoms with E-state index in [0.29, 0.717) is 11.3 Å². The third-order valence-electron chi connectivity index (χ3n) is 4.67. The molecular weight excluding hydrogens is 390 g/mol. The van der Waals surface area contributed by atoms with Crippen molar-refractivity contribution in [1.82, 2.24) is 14.3 Å². The first-order valence-electron chi connectivity index (χ1n) is 8.96. The van der Waals surface area contributed by atoms with E-state index < -0.39 is 5.76 Å². The smallest absolute Gasteiger partial charge is 0.437 e. The fraction of sp³-hybridized carbons (Fsp3) is 0.190. The molecule has 7 nitrogen and oxygen atoms in total. The van der Waals surface area contributed by atoms with Crippen molar-refractivity contribution < 1.29 is 13.6 Å². The van der Waals surface area contributed by atoms with Crippen molar-refractivity contribution in [3.8, 4) is 17.3 Å². The molecule has 0 fully saturated rings. The maximum atomic E-state index is 12.9. The number of hydrogen-bond acceptors (Lipinski definition) is 6. The molecule has 0 aliphatic rings. The number of hydrogen-bond donors (Lipinski definition) is 0. The minimum Gasteiger partial charge on any atom is -0.459 e. The van der Waals surface area contributed by atoms with Crippen LogP contribution in [0, 0.1) is 13.8 Å². The van der Waals surface area contributed by atoms with Crippen molar-refractivity contribution in [2.24, 2.45) is 0 Å². The lowest BCUT2D eigenvalue weighted by molar-refractivity contribution is 0.0964. The average Bonchev–Trinajstić information content (AvgIpc) is 3.42. The van der Waals surface area contributed by atoms with Crippen molar-refractivity contribution >= 4 is 17.5 Å². The molecule has 0 saturated carbocycles. The van der Waals surface area contributed by atoms with Gasteiger partial charge in [0, 0.05) is 27.5 Å². The van der Waals surface area contributed by atoms with E-state index in [1.54, 1.807) is 23.9 Å². The molecule has 0 radical (unpaired) electrons. The Bertz CT molecular complexity index is 1230. The van der Waals surface area contributed by atoms with E-state index in [0.717, 1.165) is 26.7 Å². The van der Waals surface area contributed by atoms with Gasteiger partial charge in [0.25, 0.3) is 5.89 Å². The molecule has 0 saturated heterocycles. The second-order valence-corrected chi connectivity index (χ2v) is 7.43. The molecule has 1 aromatic carbocycles. The predicted molar refractivity (Wildman–Crippen MR) is 110 cm³/mol. The van der Waals surface area contributed by atoms with Crippen LogP contribution in [0.15, 0.2) is 67.3 Å². The van der Waals surface area contributed by atoms with Gasteiger partial charge in [-0.1, -0.05) is 6.07 Å². The van der Waals surface area contributed by atoms with Crippen LogP contribution in [0.2, 0.25) is 0 Å². The van der Waals surface area contributed by atoms with Gasteiger partial charge in [0.1, 0.15) is 6.54 Å². The number of Topliss-reactive ketones (excluding diaryl/α,β-unsaturated/α-hetero) is 1. The number of aromatic nitrogens is 3. The van der Waals surface area contributed by atoms with Crippen LogP contribution in [-0.4, -0.2) is 26.4 Å². The summed E-state index contributed by atoms with van der Waals surface area (Å²) in [6.45, 7) is 3.64. The van der Waals surface area contributed by atoms with Crippen molar-refractivity contribution in [3.63, 3.8) is 0 Å². The van der Waals surface area contributed by atoms with Gasteiger partial charge in [-0.05, 0) is 56.5 Å². The number of aryl methyl sites for hydroxylation is 1. The van der Waals surface area contributed by atoms with Gasteiger partial charge < -0.3 is 13.4 Å². The van der Waals surface area contributed by atoms with Gasteiger partial charge in [0.2, 0.25) is 0 Å². The summed E-state index contributed by atoms with van der Waals surface area (Å²) in [6, 6.07) is 13.3. The minimum absolute atomic E-state index is 0.0483. The maximum Gasteiger partial charge on any atom is 0.437 e. The summed E-state index contributed by atoms with van der Waals surface area (Å²) in [5, 5.41) is 4.07. The second kappa shape index (κ2) is 7.63. The van der Waals surface area contributed by atoms with Crippen LogP contribution in [0.1, 0.15) is 21.7 Å². The minimum atomic E-state index is -0.703. The van der Waals surface area contributed by atoms with Crippen molar-refractivity contribution in [3.05, 3.63) is 76.2 Å². The van der Waals surface area contributed by atoms with Crippen molar-refractivity contribution in [2.45, 2.75) is 25.3 Å². The highest BCUT2D eigenvalue weighted by atomic mass is 32.2. The number of rotatable bonds is 6. The highest BCUT2D eigenvalue weighted by Crippen LogP contribution is 2.25. The van der Waals surface area contributed by atoms with Crippen LogP contribution in [-0.2, 0) is 6.54 Å². The van der Waals surface area contributed by atoms with E-state index in [1.165, 1.54) is 6.26 Å². The molecule has 0 N–H and O–H groups in total. The molecule has 0 bridgehead atoms. The van der Waals surface area contributed by atoms with Crippen LogP contribution < -0.4 is 5.76 Å². The third kappa shape index (κ3) is 3.58. The normalized spacial score (nSPS) is 11.1. The van der Waals surface area contributed by atoms with E-state index in [9.17, 15) is 9.59 Å². The number of benzene rings is 1. The number of nitrogens with zero attached hydrogens (tertiary/aromatic N) is 3. The fourth-order valence-corrected chi connectivity index (χ4v) is 3.77. The lowest BCUT2D eigenvalue weighted by atomic mass is 10.1. The zero-order chi connectivity index (χ0) is 20.5. The summed E-state index contributed by atoms with van der Waals surface area (Å²) >= 11 is 1.66. The Morgan fingerprint density at radius 3 is 2.72 bits per heavy atom. The van der Waals surface area contributed by atoms with E-state index >= 15 is 0 Å². The summed E-state index contributed by atoms with van der Waals surface area (Å²) in [4.78, 5) is 26.1. The Morgan fingerprint density at radius 1 is 1.17 bits per heavy atom. The molecular formula is C21H19N3O4S. The summed E-state index contributed by atoms with van der Waals surface area (Å²) in [5.41, 5.74) is 3.29. The summed E-state index contributed by atoms with van der Waals surface area (Å²) in [5.74, 6) is -0.537. The lowest BCUT2D eigenvalue weighted by Crippen LogP contribution is -2.21. The Balaban J connectivity index is 1.64. The van der Waals surface area contributed by atoms with Gasteiger partial charge in [-0.3, -0.25) is 4.79 Å².